The minimum atomic E-state index is 0.795. The van der Waals surface area contributed by atoms with Gasteiger partial charge in [-0.15, -0.1) is 12.6 Å². The minimum Gasteiger partial charge on any atom is -0.452 e. The molecule has 0 spiro atoms. The lowest BCUT2D eigenvalue weighted by molar-refractivity contribution is 0.466. The summed E-state index contributed by atoms with van der Waals surface area (Å²) in [6.45, 7) is 0. The van der Waals surface area contributed by atoms with Crippen molar-refractivity contribution in [3.8, 4) is 11.5 Å². The summed E-state index contributed by atoms with van der Waals surface area (Å²) in [7, 11) is 0. The Kier molecular flexibility index (Phi) is 2.86. The van der Waals surface area contributed by atoms with Crippen LogP contribution in [-0.2, 0) is 0 Å². The first kappa shape index (κ1) is 12.4. The summed E-state index contributed by atoms with van der Waals surface area (Å²) >= 11 is 4.53. The van der Waals surface area contributed by atoms with Gasteiger partial charge in [-0.2, -0.15) is 0 Å². The molecule has 1 heterocycles. The number of ether oxygens (including phenoxy) is 1. The van der Waals surface area contributed by atoms with Crippen LogP contribution in [0, 0.1) is 0 Å². The molecule has 4 rings (SSSR count). The highest BCUT2D eigenvalue weighted by Crippen LogP contribution is 2.51. The first-order chi connectivity index (χ1) is 10.3. The summed E-state index contributed by atoms with van der Waals surface area (Å²) in [5.41, 5.74) is 3.15. The van der Waals surface area contributed by atoms with E-state index in [1.807, 2.05) is 48.5 Å². The van der Waals surface area contributed by atoms with Crippen molar-refractivity contribution < 1.29 is 4.74 Å². The average molecular weight is 291 g/mol. The zero-order valence-electron chi connectivity index (χ0n) is 11.2. The topological polar surface area (TPSA) is 12.5 Å². The first-order valence-corrected chi connectivity index (χ1v) is 7.23. The van der Waals surface area contributed by atoms with Gasteiger partial charge in [0.15, 0.2) is 11.5 Å². The number of benzene rings is 3. The van der Waals surface area contributed by atoms with Gasteiger partial charge < -0.3 is 9.64 Å². The van der Waals surface area contributed by atoms with E-state index in [2.05, 4.69) is 41.8 Å². The van der Waals surface area contributed by atoms with Crippen molar-refractivity contribution in [1.82, 2.24) is 0 Å². The highest BCUT2D eigenvalue weighted by atomic mass is 32.1. The quantitative estimate of drug-likeness (QED) is 0.461. The predicted molar refractivity (Wildman–Crippen MR) is 88.5 cm³/mol. The summed E-state index contributed by atoms with van der Waals surface area (Å²) in [5, 5.41) is 0. The van der Waals surface area contributed by atoms with E-state index in [0.29, 0.717) is 0 Å². The summed E-state index contributed by atoms with van der Waals surface area (Å²) in [6.07, 6.45) is 0. The zero-order chi connectivity index (χ0) is 14.2. The smallest absolute Gasteiger partial charge is 0.164 e. The predicted octanol–water partition coefficient (Wildman–Crippen LogP) is 5.55. The third-order valence-corrected chi connectivity index (χ3v) is 3.90. The molecule has 1 aliphatic heterocycles. The Hall–Kier alpha value is -2.39. The van der Waals surface area contributed by atoms with E-state index in [0.717, 1.165) is 33.5 Å². The monoisotopic (exact) mass is 291 g/mol. The van der Waals surface area contributed by atoms with Gasteiger partial charge in [0.25, 0.3) is 0 Å². The fraction of sp³-hybridized carbons (Fsp3) is 0. The Bertz CT molecular complexity index is 801. The molecule has 0 radical (unpaired) electrons. The van der Waals surface area contributed by atoms with Gasteiger partial charge in [0.05, 0.1) is 11.4 Å². The van der Waals surface area contributed by atoms with Crippen molar-refractivity contribution in [3.05, 3.63) is 72.8 Å². The molecule has 0 amide bonds. The van der Waals surface area contributed by atoms with Gasteiger partial charge >= 0.3 is 0 Å². The van der Waals surface area contributed by atoms with Gasteiger partial charge in [0, 0.05) is 10.6 Å². The van der Waals surface area contributed by atoms with Crippen LogP contribution in [0.25, 0.3) is 0 Å². The maximum Gasteiger partial charge on any atom is 0.164 e. The van der Waals surface area contributed by atoms with Crippen LogP contribution in [0.5, 0.6) is 11.5 Å². The molecule has 3 aromatic rings. The van der Waals surface area contributed by atoms with E-state index >= 15 is 0 Å². The lowest BCUT2D eigenvalue weighted by Gasteiger charge is -2.33. The van der Waals surface area contributed by atoms with Gasteiger partial charge in [-0.1, -0.05) is 36.4 Å². The molecule has 0 aromatic heterocycles. The highest BCUT2D eigenvalue weighted by Gasteiger charge is 2.26. The number of nitrogens with zero attached hydrogens (tertiary/aromatic N) is 1. The standard InChI is InChI=1S/C18H13NOS/c21-17-12-6-10-15-18(17)20-16-11-5-4-9-14(16)19(15)13-7-2-1-3-8-13/h1-12,21H. The van der Waals surface area contributed by atoms with Crippen LogP contribution in [0.1, 0.15) is 0 Å². The van der Waals surface area contributed by atoms with E-state index in [-0.39, 0.29) is 0 Å². The number of thiol groups is 1. The molecule has 1 aliphatic rings. The van der Waals surface area contributed by atoms with Crippen LogP contribution in [0.15, 0.2) is 77.7 Å². The van der Waals surface area contributed by atoms with Crippen LogP contribution in [0.2, 0.25) is 0 Å². The fourth-order valence-corrected chi connectivity index (χ4v) is 2.86. The maximum atomic E-state index is 6.04. The largest absolute Gasteiger partial charge is 0.452 e. The molecular weight excluding hydrogens is 278 g/mol. The first-order valence-electron chi connectivity index (χ1n) is 6.78. The molecule has 0 unspecified atom stereocenters. The van der Waals surface area contributed by atoms with Crippen LogP contribution in [0.4, 0.5) is 17.1 Å². The van der Waals surface area contributed by atoms with Crippen molar-refractivity contribution in [1.29, 1.82) is 0 Å². The van der Waals surface area contributed by atoms with Crippen molar-refractivity contribution >= 4 is 29.7 Å². The molecule has 0 saturated carbocycles. The Balaban J connectivity index is 2.00. The van der Waals surface area contributed by atoms with Crippen molar-refractivity contribution in [2.24, 2.45) is 0 Å². The lowest BCUT2D eigenvalue weighted by Crippen LogP contribution is -2.15. The van der Waals surface area contributed by atoms with E-state index in [1.54, 1.807) is 0 Å². The molecule has 2 nitrogen and oxygen atoms in total. The minimum absolute atomic E-state index is 0.795. The number of fused-ring (bicyclic) bond motifs is 2. The molecular formula is C18H13NOS. The van der Waals surface area contributed by atoms with Gasteiger partial charge in [0.2, 0.25) is 0 Å². The lowest BCUT2D eigenvalue weighted by atomic mass is 10.1. The van der Waals surface area contributed by atoms with E-state index in [9.17, 15) is 0 Å². The van der Waals surface area contributed by atoms with Crippen molar-refractivity contribution in [2.45, 2.75) is 4.90 Å². The number of para-hydroxylation sites is 4. The Morgan fingerprint density at radius 1 is 0.714 bits per heavy atom. The third kappa shape index (κ3) is 1.98. The second kappa shape index (κ2) is 4.86. The maximum absolute atomic E-state index is 6.04. The molecule has 0 atom stereocenters. The Morgan fingerprint density at radius 3 is 2.29 bits per heavy atom. The Labute approximate surface area is 129 Å². The van der Waals surface area contributed by atoms with Crippen LogP contribution >= 0.6 is 12.6 Å². The van der Waals surface area contributed by atoms with Gasteiger partial charge in [-0.3, -0.25) is 0 Å². The molecule has 3 heteroatoms. The molecule has 0 saturated heterocycles. The molecule has 0 N–H and O–H groups in total. The van der Waals surface area contributed by atoms with E-state index in [1.165, 1.54) is 0 Å². The molecule has 0 bridgehead atoms. The normalized spacial score (nSPS) is 12.3. The average Bonchev–Trinajstić information content (AvgIpc) is 2.54. The number of hydrogen-bond donors (Lipinski definition) is 1. The molecule has 0 fully saturated rings. The number of anilines is 3. The number of rotatable bonds is 1. The SMILES string of the molecule is Sc1cccc2c1Oc1ccccc1N2c1ccccc1. The highest BCUT2D eigenvalue weighted by molar-refractivity contribution is 7.80. The second-order valence-corrected chi connectivity index (χ2v) is 5.35. The summed E-state index contributed by atoms with van der Waals surface area (Å²) < 4.78 is 6.04. The van der Waals surface area contributed by atoms with Crippen LogP contribution in [-0.4, -0.2) is 0 Å². The van der Waals surface area contributed by atoms with Crippen molar-refractivity contribution in [2.75, 3.05) is 4.90 Å². The van der Waals surface area contributed by atoms with Gasteiger partial charge in [-0.05, 0) is 36.4 Å². The molecule has 3 aromatic carbocycles. The van der Waals surface area contributed by atoms with Gasteiger partial charge in [-0.25, -0.2) is 0 Å². The summed E-state index contributed by atoms with van der Waals surface area (Å²) in [6, 6.07) is 24.3. The fourth-order valence-electron chi connectivity index (χ4n) is 2.62. The zero-order valence-corrected chi connectivity index (χ0v) is 12.1. The number of hydrogen-bond acceptors (Lipinski definition) is 3. The van der Waals surface area contributed by atoms with Crippen LogP contribution in [0.3, 0.4) is 0 Å². The van der Waals surface area contributed by atoms with Gasteiger partial charge in [0.1, 0.15) is 0 Å². The van der Waals surface area contributed by atoms with E-state index in [4.69, 9.17) is 4.74 Å². The van der Waals surface area contributed by atoms with Crippen LogP contribution < -0.4 is 9.64 Å². The second-order valence-electron chi connectivity index (χ2n) is 4.87. The van der Waals surface area contributed by atoms with E-state index < -0.39 is 0 Å². The summed E-state index contributed by atoms with van der Waals surface area (Å²) in [4.78, 5) is 3.04. The Morgan fingerprint density at radius 2 is 1.43 bits per heavy atom. The molecule has 0 aliphatic carbocycles. The molecule has 102 valence electrons. The molecule has 21 heavy (non-hydrogen) atoms. The third-order valence-electron chi connectivity index (χ3n) is 3.55. The summed E-state index contributed by atoms with van der Waals surface area (Å²) in [5.74, 6) is 1.64. The van der Waals surface area contributed by atoms with Crippen molar-refractivity contribution in [3.63, 3.8) is 0 Å².